The van der Waals surface area contributed by atoms with Crippen LogP contribution in [0.4, 0.5) is 0 Å². The average molecular weight is 282 g/mol. The summed E-state index contributed by atoms with van der Waals surface area (Å²) >= 11 is 0. The summed E-state index contributed by atoms with van der Waals surface area (Å²) in [7, 11) is 2.43. The van der Waals surface area contributed by atoms with E-state index in [0.29, 0.717) is 17.5 Å². The molecule has 1 aromatic rings. The Morgan fingerprint density at radius 1 is 1.00 bits per heavy atom. The Bertz CT molecular complexity index is 495. The van der Waals surface area contributed by atoms with Crippen LogP contribution < -0.4 is 0 Å². The van der Waals surface area contributed by atoms with Crippen molar-refractivity contribution in [1.29, 1.82) is 0 Å². The summed E-state index contributed by atoms with van der Waals surface area (Å²) < 4.78 is 9.35. The number of aliphatic hydroxyl groups excluding tert-OH is 2. The maximum Gasteiger partial charge on any atom is 0.339 e. The van der Waals surface area contributed by atoms with Crippen molar-refractivity contribution in [1.82, 2.24) is 0 Å². The highest BCUT2D eigenvalue weighted by atomic mass is 16.5. The number of rotatable bonds is 6. The quantitative estimate of drug-likeness (QED) is 0.730. The number of benzene rings is 1. The van der Waals surface area contributed by atoms with E-state index in [1.54, 1.807) is 6.07 Å². The topological polar surface area (TPSA) is 93.1 Å². The molecular weight excluding hydrogens is 264 g/mol. The number of hydrogen-bond donors (Lipinski definition) is 2. The van der Waals surface area contributed by atoms with Crippen LogP contribution in [0.5, 0.6) is 0 Å². The first-order valence-corrected chi connectivity index (χ1v) is 6.13. The molecule has 0 spiro atoms. The first-order chi connectivity index (χ1) is 9.60. The lowest BCUT2D eigenvalue weighted by molar-refractivity contribution is 0.0553. The van der Waals surface area contributed by atoms with Crippen LogP contribution >= 0.6 is 0 Å². The minimum atomic E-state index is -0.673. The summed E-state index contributed by atoms with van der Waals surface area (Å²) in [5.74, 6) is -1.33. The molecule has 0 unspecified atom stereocenters. The van der Waals surface area contributed by atoms with Crippen LogP contribution in [0.2, 0.25) is 0 Å². The van der Waals surface area contributed by atoms with Gasteiger partial charge in [-0.05, 0) is 30.0 Å². The molecule has 0 atom stereocenters. The largest absolute Gasteiger partial charge is 0.465 e. The molecule has 20 heavy (non-hydrogen) atoms. The van der Waals surface area contributed by atoms with Crippen molar-refractivity contribution in [2.45, 2.75) is 12.8 Å². The van der Waals surface area contributed by atoms with Gasteiger partial charge in [-0.2, -0.15) is 0 Å². The van der Waals surface area contributed by atoms with Gasteiger partial charge in [0.1, 0.15) is 0 Å². The zero-order valence-electron chi connectivity index (χ0n) is 11.5. The summed E-state index contributed by atoms with van der Waals surface area (Å²) in [6.45, 7) is -0.288. The van der Waals surface area contributed by atoms with Crippen LogP contribution in [0.15, 0.2) is 12.1 Å². The third kappa shape index (κ3) is 3.34. The fraction of sp³-hybridized carbons (Fsp3) is 0.429. The maximum absolute atomic E-state index is 11.9. The van der Waals surface area contributed by atoms with Gasteiger partial charge in [-0.25, -0.2) is 9.59 Å². The van der Waals surface area contributed by atoms with Gasteiger partial charge in [0.15, 0.2) is 0 Å². The van der Waals surface area contributed by atoms with Gasteiger partial charge in [0, 0.05) is 13.2 Å². The fourth-order valence-corrected chi connectivity index (χ4v) is 2.06. The number of hydrogen-bond acceptors (Lipinski definition) is 6. The third-order valence-corrected chi connectivity index (χ3v) is 2.95. The maximum atomic E-state index is 11.9. The fourth-order valence-electron chi connectivity index (χ4n) is 2.06. The third-order valence-electron chi connectivity index (χ3n) is 2.95. The highest BCUT2D eigenvalue weighted by molar-refractivity contribution is 6.04. The van der Waals surface area contributed by atoms with Crippen molar-refractivity contribution in [2.75, 3.05) is 27.4 Å². The molecule has 6 heteroatoms. The monoisotopic (exact) mass is 282 g/mol. The average Bonchev–Trinajstić information content (AvgIpc) is 2.47. The molecule has 0 aromatic heterocycles. The van der Waals surface area contributed by atoms with Crippen molar-refractivity contribution in [2.24, 2.45) is 0 Å². The second-order valence-electron chi connectivity index (χ2n) is 4.06. The first-order valence-electron chi connectivity index (χ1n) is 6.13. The molecule has 0 aliphatic heterocycles. The van der Waals surface area contributed by atoms with Gasteiger partial charge in [0.25, 0.3) is 0 Å². The number of methoxy groups -OCH3 is 2. The van der Waals surface area contributed by atoms with Crippen molar-refractivity contribution in [3.05, 3.63) is 34.4 Å². The SMILES string of the molecule is COC(=O)c1ccc(CCO)c(CCO)c1C(=O)OC. The lowest BCUT2D eigenvalue weighted by atomic mass is 9.92. The summed E-state index contributed by atoms with van der Waals surface area (Å²) in [4.78, 5) is 23.7. The van der Waals surface area contributed by atoms with Crippen LogP contribution in [-0.4, -0.2) is 49.6 Å². The summed E-state index contributed by atoms with van der Waals surface area (Å²) in [5.41, 5.74) is 1.36. The Hall–Kier alpha value is -1.92. The van der Waals surface area contributed by atoms with Crippen molar-refractivity contribution >= 4 is 11.9 Å². The molecule has 1 aromatic carbocycles. The van der Waals surface area contributed by atoms with Gasteiger partial charge in [0.05, 0.1) is 25.3 Å². The Morgan fingerprint density at radius 3 is 2.10 bits per heavy atom. The molecule has 0 heterocycles. The number of ether oxygens (including phenoxy) is 2. The van der Waals surface area contributed by atoms with Crippen LogP contribution in [-0.2, 0) is 22.3 Å². The zero-order valence-corrected chi connectivity index (χ0v) is 11.5. The van der Waals surface area contributed by atoms with E-state index in [9.17, 15) is 9.59 Å². The van der Waals surface area contributed by atoms with E-state index in [1.165, 1.54) is 20.3 Å². The van der Waals surface area contributed by atoms with Crippen LogP contribution in [0.1, 0.15) is 31.8 Å². The van der Waals surface area contributed by atoms with Crippen LogP contribution in [0.25, 0.3) is 0 Å². The minimum Gasteiger partial charge on any atom is -0.465 e. The molecule has 0 bridgehead atoms. The number of aliphatic hydroxyl groups is 2. The summed E-state index contributed by atoms with van der Waals surface area (Å²) in [6, 6.07) is 3.10. The zero-order chi connectivity index (χ0) is 15.1. The molecular formula is C14H18O6. The molecule has 0 fully saturated rings. The van der Waals surface area contributed by atoms with Gasteiger partial charge < -0.3 is 19.7 Å². The Labute approximate surface area is 116 Å². The highest BCUT2D eigenvalue weighted by Crippen LogP contribution is 2.23. The van der Waals surface area contributed by atoms with E-state index in [-0.39, 0.29) is 30.8 Å². The second kappa shape index (κ2) is 7.62. The standard InChI is InChI=1S/C14H18O6/c1-19-13(17)11-4-3-9(5-7-15)10(6-8-16)12(11)14(18)20-2/h3-4,15-16H,5-8H2,1-2H3. The Kier molecular flexibility index (Phi) is 6.14. The van der Waals surface area contributed by atoms with Gasteiger partial charge >= 0.3 is 11.9 Å². The molecule has 6 nitrogen and oxygen atoms in total. The van der Waals surface area contributed by atoms with E-state index >= 15 is 0 Å². The molecule has 110 valence electrons. The first kappa shape index (κ1) is 16.1. The van der Waals surface area contributed by atoms with Gasteiger partial charge in [-0.1, -0.05) is 6.07 Å². The number of carbonyl (C=O) groups excluding carboxylic acids is 2. The van der Waals surface area contributed by atoms with Gasteiger partial charge in [0.2, 0.25) is 0 Å². The van der Waals surface area contributed by atoms with Crippen molar-refractivity contribution in [3.63, 3.8) is 0 Å². The van der Waals surface area contributed by atoms with E-state index in [1.807, 2.05) is 0 Å². The molecule has 1 rings (SSSR count). The predicted molar refractivity (Wildman–Crippen MR) is 70.7 cm³/mol. The predicted octanol–water partition coefficient (Wildman–Crippen LogP) is 0.329. The van der Waals surface area contributed by atoms with E-state index in [4.69, 9.17) is 14.9 Å². The summed E-state index contributed by atoms with van der Waals surface area (Å²) in [5, 5.41) is 18.2. The van der Waals surface area contributed by atoms with E-state index in [0.717, 1.165) is 0 Å². The molecule has 0 aliphatic carbocycles. The molecule has 2 N–H and O–H groups in total. The Balaban J connectivity index is 3.51. The minimum absolute atomic E-state index is 0.0827. The molecule has 0 amide bonds. The van der Waals surface area contributed by atoms with Crippen molar-refractivity contribution in [3.8, 4) is 0 Å². The van der Waals surface area contributed by atoms with E-state index in [2.05, 4.69) is 4.74 Å². The van der Waals surface area contributed by atoms with Crippen molar-refractivity contribution < 1.29 is 29.3 Å². The molecule has 0 saturated heterocycles. The van der Waals surface area contributed by atoms with Gasteiger partial charge in [-0.15, -0.1) is 0 Å². The lowest BCUT2D eigenvalue weighted by Gasteiger charge is -2.15. The summed E-state index contributed by atoms with van der Waals surface area (Å²) in [6.07, 6.45) is 0.505. The molecule has 0 radical (unpaired) electrons. The smallest absolute Gasteiger partial charge is 0.339 e. The highest BCUT2D eigenvalue weighted by Gasteiger charge is 2.24. The number of carbonyl (C=O) groups is 2. The van der Waals surface area contributed by atoms with E-state index < -0.39 is 11.9 Å². The second-order valence-corrected chi connectivity index (χ2v) is 4.06. The van der Waals surface area contributed by atoms with Gasteiger partial charge in [-0.3, -0.25) is 0 Å². The normalized spacial score (nSPS) is 10.2. The lowest BCUT2D eigenvalue weighted by Crippen LogP contribution is -2.17. The molecule has 0 aliphatic rings. The number of esters is 2. The Morgan fingerprint density at radius 2 is 1.60 bits per heavy atom. The van der Waals surface area contributed by atoms with Crippen LogP contribution in [0, 0.1) is 0 Å². The van der Waals surface area contributed by atoms with Crippen LogP contribution in [0.3, 0.4) is 0 Å². The molecule has 0 saturated carbocycles.